The summed E-state index contributed by atoms with van der Waals surface area (Å²) in [4.78, 5) is 0. The van der Waals surface area contributed by atoms with Gasteiger partial charge in [-0.25, -0.2) is 0 Å². The van der Waals surface area contributed by atoms with Gasteiger partial charge in [0.15, 0.2) is 11.5 Å². The number of hydrogen-bond acceptors (Lipinski definition) is 6. The fourth-order valence-corrected chi connectivity index (χ4v) is 2.31. The Morgan fingerprint density at radius 1 is 1.35 bits per heavy atom. The molecule has 1 aromatic heterocycles. The molecule has 0 unspecified atom stereocenters. The molecule has 0 saturated heterocycles. The van der Waals surface area contributed by atoms with Crippen molar-refractivity contribution in [2.45, 2.75) is 25.6 Å². The van der Waals surface area contributed by atoms with E-state index in [0.29, 0.717) is 17.3 Å². The van der Waals surface area contributed by atoms with Crippen molar-refractivity contribution in [2.24, 2.45) is 5.10 Å². The molecule has 124 valence electrons. The highest BCUT2D eigenvalue weighted by molar-refractivity contribution is 7.99. The molecule has 0 aliphatic heterocycles. The number of hydrogen-bond donors (Lipinski definition) is 0. The van der Waals surface area contributed by atoms with Gasteiger partial charge in [0.1, 0.15) is 6.33 Å². The lowest BCUT2D eigenvalue weighted by molar-refractivity contribution is -0.0514. The van der Waals surface area contributed by atoms with Crippen LogP contribution in [-0.4, -0.2) is 40.1 Å². The Kier molecular flexibility index (Phi) is 6.33. The molecule has 0 fully saturated rings. The number of halogens is 2. The lowest BCUT2D eigenvalue weighted by Gasteiger charge is -2.11. The van der Waals surface area contributed by atoms with E-state index in [2.05, 4.69) is 20.0 Å². The monoisotopic (exact) mass is 342 g/mol. The van der Waals surface area contributed by atoms with Crippen molar-refractivity contribution < 1.29 is 18.3 Å². The zero-order valence-corrected chi connectivity index (χ0v) is 13.5. The summed E-state index contributed by atoms with van der Waals surface area (Å²) in [6.45, 7) is 1.20. The summed E-state index contributed by atoms with van der Waals surface area (Å²) < 4.78 is 36.0. The first-order valence-corrected chi connectivity index (χ1v) is 7.91. The molecule has 0 radical (unpaired) electrons. The van der Waals surface area contributed by atoms with E-state index < -0.39 is 6.61 Å². The molecule has 0 aliphatic rings. The molecule has 0 bridgehead atoms. The van der Waals surface area contributed by atoms with Crippen LogP contribution >= 0.6 is 11.8 Å². The molecule has 0 atom stereocenters. The maximum atomic E-state index is 12.4. The quantitative estimate of drug-likeness (QED) is 0.544. The first-order valence-electron chi connectivity index (χ1n) is 6.92. The van der Waals surface area contributed by atoms with Gasteiger partial charge in [-0.05, 0) is 36.4 Å². The number of nitrogens with zero attached hydrogens (tertiary/aromatic N) is 4. The van der Waals surface area contributed by atoms with Crippen molar-refractivity contribution in [1.29, 1.82) is 0 Å². The summed E-state index contributed by atoms with van der Waals surface area (Å²) in [6, 6.07) is 4.62. The highest BCUT2D eigenvalue weighted by atomic mass is 32.2. The molecule has 2 aromatic rings. The van der Waals surface area contributed by atoms with Crippen LogP contribution in [0.15, 0.2) is 34.8 Å². The van der Waals surface area contributed by atoms with E-state index in [-0.39, 0.29) is 11.5 Å². The molecule has 1 aromatic carbocycles. The van der Waals surface area contributed by atoms with E-state index in [9.17, 15) is 8.78 Å². The van der Waals surface area contributed by atoms with Gasteiger partial charge >= 0.3 is 6.61 Å². The number of alkyl halides is 2. The van der Waals surface area contributed by atoms with E-state index >= 15 is 0 Å². The summed E-state index contributed by atoms with van der Waals surface area (Å²) in [7, 11) is 0. The van der Waals surface area contributed by atoms with Crippen molar-refractivity contribution >= 4 is 18.0 Å². The van der Waals surface area contributed by atoms with Crippen LogP contribution in [0.2, 0.25) is 0 Å². The minimum absolute atomic E-state index is 0.00877. The van der Waals surface area contributed by atoms with Crippen molar-refractivity contribution in [2.75, 3.05) is 12.4 Å². The van der Waals surface area contributed by atoms with Crippen molar-refractivity contribution in [3.8, 4) is 11.5 Å². The Morgan fingerprint density at radius 3 is 2.87 bits per heavy atom. The number of rotatable bonds is 8. The molecule has 0 amide bonds. The second kappa shape index (κ2) is 8.47. The summed E-state index contributed by atoms with van der Waals surface area (Å²) >= 11 is 1.51. The second-order valence-corrected chi connectivity index (χ2v) is 5.38. The summed E-state index contributed by atoms with van der Waals surface area (Å²) in [5, 5.41) is 12.7. The Balaban J connectivity index is 2.20. The highest BCUT2D eigenvalue weighted by Crippen LogP contribution is 2.29. The number of benzene rings is 1. The van der Waals surface area contributed by atoms with Gasteiger partial charge in [0, 0.05) is 0 Å². The lowest BCUT2D eigenvalue weighted by atomic mass is 10.2. The summed E-state index contributed by atoms with van der Waals surface area (Å²) in [6.07, 6.45) is 3.06. The maximum absolute atomic E-state index is 12.4. The Hall–Kier alpha value is -2.16. The number of ether oxygens (including phenoxy) is 2. The summed E-state index contributed by atoms with van der Waals surface area (Å²) in [5.74, 6) is 1.08. The van der Waals surface area contributed by atoms with Gasteiger partial charge in [-0.1, -0.05) is 18.7 Å². The molecule has 2 rings (SSSR count). The van der Waals surface area contributed by atoms with E-state index in [4.69, 9.17) is 4.74 Å². The van der Waals surface area contributed by atoms with Crippen LogP contribution in [0.1, 0.15) is 19.4 Å². The lowest BCUT2D eigenvalue weighted by Crippen LogP contribution is -2.05. The average molecular weight is 342 g/mol. The Bertz CT molecular complexity index is 664. The standard InChI is InChI=1S/C14H16F2N4O2S/c1-3-21-12-7-10(5-6-11(12)22-13(15)16)8-18-20-9-17-19-14(20)23-4-2/h5-9,13H,3-4H2,1-2H3/b18-8+. The van der Waals surface area contributed by atoms with Crippen LogP contribution in [0.4, 0.5) is 8.78 Å². The molecule has 0 spiro atoms. The van der Waals surface area contributed by atoms with Gasteiger partial charge in [0.05, 0.1) is 12.8 Å². The van der Waals surface area contributed by atoms with Crippen LogP contribution in [0.3, 0.4) is 0 Å². The largest absolute Gasteiger partial charge is 0.490 e. The highest BCUT2D eigenvalue weighted by Gasteiger charge is 2.11. The van der Waals surface area contributed by atoms with E-state index in [1.54, 1.807) is 25.3 Å². The first-order chi connectivity index (χ1) is 11.1. The molecule has 0 N–H and O–H groups in total. The molecule has 0 aliphatic carbocycles. The van der Waals surface area contributed by atoms with Gasteiger partial charge in [-0.3, -0.25) is 0 Å². The third kappa shape index (κ3) is 4.92. The van der Waals surface area contributed by atoms with Crippen LogP contribution < -0.4 is 9.47 Å². The molecular formula is C14H16F2N4O2S. The van der Waals surface area contributed by atoms with Crippen LogP contribution in [-0.2, 0) is 0 Å². The van der Waals surface area contributed by atoms with Gasteiger partial charge in [0.2, 0.25) is 5.16 Å². The SMILES string of the molecule is CCOc1cc(/C=N/n2cnnc2SCC)ccc1OC(F)F. The third-order valence-corrected chi connectivity index (χ3v) is 3.40. The summed E-state index contributed by atoms with van der Waals surface area (Å²) in [5.41, 5.74) is 0.677. The predicted octanol–water partition coefficient (Wildman–Crippen LogP) is 3.27. The van der Waals surface area contributed by atoms with E-state index in [1.807, 2.05) is 6.92 Å². The fourth-order valence-electron chi connectivity index (χ4n) is 1.72. The predicted molar refractivity (Wildman–Crippen MR) is 83.7 cm³/mol. The van der Waals surface area contributed by atoms with Crippen molar-refractivity contribution in [3.05, 3.63) is 30.1 Å². The van der Waals surface area contributed by atoms with E-state index in [1.165, 1.54) is 28.8 Å². The van der Waals surface area contributed by atoms with Gasteiger partial charge in [-0.15, -0.1) is 10.2 Å². The second-order valence-electron chi connectivity index (χ2n) is 4.15. The Labute approximate surface area is 136 Å². The minimum atomic E-state index is -2.90. The van der Waals surface area contributed by atoms with Crippen LogP contribution in [0, 0.1) is 0 Å². The van der Waals surface area contributed by atoms with Gasteiger partial charge in [0.25, 0.3) is 0 Å². The zero-order valence-electron chi connectivity index (χ0n) is 12.6. The van der Waals surface area contributed by atoms with Crippen molar-refractivity contribution in [1.82, 2.24) is 14.9 Å². The maximum Gasteiger partial charge on any atom is 0.387 e. The Morgan fingerprint density at radius 2 is 2.17 bits per heavy atom. The van der Waals surface area contributed by atoms with E-state index in [0.717, 1.165) is 5.75 Å². The van der Waals surface area contributed by atoms with Crippen molar-refractivity contribution in [3.63, 3.8) is 0 Å². The molecule has 1 heterocycles. The first kappa shape index (κ1) is 17.2. The smallest absolute Gasteiger partial charge is 0.387 e. The zero-order chi connectivity index (χ0) is 16.7. The number of thioether (sulfide) groups is 1. The number of aromatic nitrogens is 3. The van der Waals surface area contributed by atoms with Crippen LogP contribution in [0.5, 0.6) is 11.5 Å². The molecule has 9 heteroatoms. The minimum Gasteiger partial charge on any atom is -0.490 e. The average Bonchev–Trinajstić information content (AvgIpc) is 2.95. The topological polar surface area (TPSA) is 61.5 Å². The van der Waals surface area contributed by atoms with Gasteiger partial charge < -0.3 is 9.47 Å². The van der Waals surface area contributed by atoms with Crippen LogP contribution in [0.25, 0.3) is 0 Å². The van der Waals surface area contributed by atoms with Gasteiger partial charge in [-0.2, -0.15) is 18.6 Å². The molecule has 0 saturated carbocycles. The normalized spacial score (nSPS) is 11.3. The fraction of sp³-hybridized carbons (Fsp3) is 0.357. The third-order valence-electron chi connectivity index (χ3n) is 2.59. The molecule has 6 nitrogen and oxygen atoms in total. The molecule has 23 heavy (non-hydrogen) atoms. The molecular weight excluding hydrogens is 326 g/mol.